The quantitative estimate of drug-likeness (QED) is 0.847. The molecule has 0 saturated heterocycles. The smallest absolute Gasteiger partial charge is 0.308 e. The van der Waals surface area contributed by atoms with Gasteiger partial charge in [0.25, 0.3) is 0 Å². The first kappa shape index (κ1) is 13.0. The van der Waals surface area contributed by atoms with Gasteiger partial charge in [-0.15, -0.1) is 11.3 Å². The lowest BCUT2D eigenvalue weighted by Crippen LogP contribution is -2.40. The third kappa shape index (κ3) is 3.29. The predicted molar refractivity (Wildman–Crippen MR) is 67.3 cm³/mol. The van der Waals surface area contributed by atoms with Crippen molar-refractivity contribution in [2.45, 2.75) is 38.1 Å². The Hall–Kier alpha value is -1.43. The molecule has 0 unspecified atom stereocenters. The Morgan fingerprint density at radius 3 is 3.00 bits per heavy atom. The third-order valence-corrected chi connectivity index (χ3v) is 4.07. The summed E-state index contributed by atoms with van der Waals surface area (Å²) in [6.45, 7) is 0. The number of carboxylic acids is 1. The zero-order chi connectivity index (χ0) is 13.0. The molecule has 0 spiro atoms. The standard InChI is InChI=1S/C12H16N2O3S/c15-10(4-5-11-13-6-7-18-11)14-9-3-1-2-8(9)12(16)17/h6-9H,1-5H2,(H,14,15)(H,16,17)/t8-,9+/m1/s1. The minimum absolute atomic E-state index is 0.0802. The fourth-order valence-corrected chi connectivity index (χ4v) is 2.92. The largest absolute Gasteiger partial charge is 0.481 e. The van der Waals surface area contributed by atoms with Gasteiger partial charge in [0, 0.05) is 30.5 Å². The summed E-state index contributed by atoms with van der Waals surface area (Å²) >= 11 is 1.53. The van der Waals surface area contributed by atoms with Crippen LogP contribution in [-0.4, -0.2) is 28.0 Å². The number of nitrogens with one attached hydrogen (secondary N) is 1. The van der Waals surface area contributed by atoms with Gasteiger partial charge in [-0.3, -0.25) is 9.59 Å². The van der Waals surface area contributed by atoms with Crippen molar-refractivity contribution in [1.29, 1.82) is 0 Å². The predicted octanol–water partition coefficient (Wildman–Crippen LogP) is 1.45. The maximum absolute atomic E-state index is 11.7. The highest BCUT2D eigenvalue weighted by atomic mass is 32.1. The van der Waals surface area contributed by atoms with E-state index in [1.807, 2.05) is 5.38 Å². The second kappa shape index (κ2) is 5.95. The van der Waals surface area contributed by atoms with E-state index in [4.69, 9.17) is 5.11 Å². The van der Waals surface area contributed by atoms with Crippen LogP contribution in [0.15, 0.2) is 11.6 Å². The average molecular weight is 268 g/mol. The summed E-state index contributed by atoms with van der Waals surface area (Å²) in [5, 5.41) is 14.7. The highest BCUT2D eigenvalue weighted by Crippen LogP contribution is 2.25. The van der Waals surface area contributed by atoms with Gasteiger partial charge < -0.3 is 10.4 Å². The van der Waals surface area contributed by atoms with Crippen molar-refractivity contribution < 1.29 is 14.7 Å². The van der Waals surface area contributed by atoms with Crippen LogP contribution in [0.1, 0.15) is 30.7 Å². The van der Waals surface area contributed by atoms with E-state index in [1.165, 1.54) is 11.3 Å². The number of aromatic nitrogens is 1. The monoisotopic (exact) mass is 268 g/mol. The van der Waals surface area contributed by atoms with Gasteiger partial charge in [-0.1, -0.05) is 6.42 Å². The number of rotatable bonds is 5. The first-order chi connectivity index (χ1) is 8.66. The molecular formula is C12H16N2O3S. The van der Waals surface area contributed by atoms with Crippen LogP contribution in [0.5, 0.6) is 0 Å². The minimum atomic E-state index is -0.808. The molecule has 0 aliphatic heterocycles. The van der Waals surface area contributed by atoms with Crippen LogP contribution in [0.4, 0.5) is 0 Å². The number of carbonyl (C=O) groups excluding carboxylic acids is 1. The van der Waals surface area contributed by atoms with E-state index in [0.29, 0.717) is 19.3 Å². The summed E-state index contributed by atoms with van der Waals surface area (Å²) in [6, 6.07) is -0.203. The fraction of sp³-hybridized carbons (Fsp3) is 0.583. The van der Waals surface area contributed by atoms with E-state index in [2.05, 4.69) is 10.3 Å². The second-order valence-electron chi connectivity index (χ2n) is 4.48. The van der Waals surface area contributed by atoms with Gasteiger partial charge >= 0.3 is 5.97 Å². The van der Waals surface area contributed by atoms with Gasteiger partial charge in [0.1, 0.15) is 0 Å². The summed E-state index contributed by atoms with van der Waals surface area (Å²) in [4.78, 5) is 26.8. The molecule has 1 aromatic rings. The van der Waals surface area contributed by atoms with Crippen molar-refractivity contribution in [2.24, 2.45) is 5.92 Å². The lowest BCUT2D eigenvalue weighted by Gasteiger charge is -2.17. The van der Waals surface area contributed by atoms with E-state index in [9.17, 15) is 9.59 Å². The Kier molecular flexibility index (Phi) is 4.30. The van der Waals surface area contributed by atoms with Gasteiger partial charge in [-0.05, 0) is 12.8 Å². The highest BCUT2D eigenvalue weighted by molar-refractivity contribution is 7.09. The number of carboxylic acid groups (broad SMARTS) is 1. The van der Waals surface area contributed by atoms with Crippen molar-refractivity contribution in [1.82, 2.24) is 10.3 Å². The fourth-order valence-electron chi connectivity index (χ4n) is 2.30. The molecule has 1 amide bonds. The van der Waals surface area contributed by atoms with Crippen molar-refractivity contribution in [3.05, 3.63) is 16.6 Å². The van der Waals surface area contributed by atoms with Gasteiger partial charge in [0.15, 0.2) is 0 Å². The molecule has 1 aliphatic carbocycles. The second-order valence-corrected chi connectivity index (χ2v) is 5.45. The summed E-state index contributed by atoms with van der Waals surface area (Å²) in [7, 11) is 0. The van der Waals surface area contributed by atoms with Crippen LogP contribution < -0.4 is 5.32 Å². The molecule has 2 N–H and O–H groups in total. The van der Waals surface area contributed by atoms with Crippen LogP contribution in [0.2, 0.25) is 0 Å². The molecule has 6 heteroatoms. The molecule has 2 atom stereocenters. The molecule has 1 aromatic heterocycles. The van der Waals surface area contributed by atoms with Crippen LogP contribution in [0.25, 0.3) is 0 Å². The first-order valence-electron chi connectivity index (χ1n) is 6.07. The molecule has 0 bridgehead atoms. The van der Waals surface area contributed by atoms with E-state index >= 15 is 0 Å². The van der Waals surface area contributed by atoms with E-state index < -0.39 is 11.9 Å². The Bertz CT molecular complexity index is 419. The average Bonchev–Trinajstić information content (AvgIpc) is 2.96. The molecule has 1 saturated carbocycles. The SMILES string of the molecule is O=C(CCc1nccs1)N[C@H]1CCC[C@H]1C(=O)O. The number of carbonyl (C=O) groups is 2. The van der Waals surface area contributed by atoms with E-state index in [0.717, 1.165) is 17.8 Å². The van der Waals surface area contributed by atoms with E-state index in [-0.39, 0.29) is 11.9 Å². The topological polar surface area (TPSA) is 79.3 Å². The Morgan fingerprint density at radius 1 is 1.50 bits per heavy atom. The summed E-state index contributed by atoms with van der Waals surface area (Å²) in [6.07, 6.45) is 5.00. The molecule has 0 radical (unpaired) electrons. The molecule has 1 heterocycles. The molecule has 2 rings (SSSR count). The number of amides is 1. The van der Waals surface area contributed by atoms with Crippen LogP contribution in [0.3, 0.4) is 0 Å². The Morgan fingerprint density at radius 2 is 2.33 bits per heavy atom. The van der Waals surface area contributed by atoms with Gasteiger partial charge in [-0.2, -0.15) is 0 Å². The lowest BCUT2D eigenvalue weighted by atomic mass is 10.0. The third-order valence-electron chi connectivity index (χ3n) is 3.23. The van der Waals surface area contributed by atoms with Crippen molar-refractivity contribution >= 4 is 23.2 Å². The normalized spacial score (nSPS) is 22.9. The molecule has 1 fully saturated rings. The molecular weight excluding hydrogens is 252 g/mol. The molecule has 0 aromatic carbocycles. The minimum Gasteiger partial charge on any atom is -0.481 e. The molecule has 5 nitrogen and oxygen atoms in total. The summed E-state index contributed by atoms with van der Waals surface area (Å²) in [5.74, 6) is -1.31. The van der Waals surface area contributed by atoms with Crippen molar-refractivity contribution in [2.75, 3.05) is 0 Å². The lowest BCUT2D eigenvalue weighted by molar-refractivity contribution is -0.142. The van der Waals surface area contributed by atoms with Crippen molar-refractivity contribution in [3.8, 4) is 0 Å². The van der Waals surface area contributed by atoms with Crippen LogP contribution >= 0.6 is 11.3 Å². The maximum atomic E-state index is 11.7. The first-order valence-corrected chi connectivity index (χ1v) is 6.95. The zero-order valence-corrected chi connectivity index (χ0v) is 10.8. The van der Waals surface area contributed by atoms with Gasteiger partial charge in [0.05, 0.1) is 10.9 Å². The number of hydrogen-bond acceptors (Lipinski definition) is 4. The Labute approximate surface area is 109 Å². The number of nitrogens with zero attached hydrogens (tertiary/aromatic N) is 1. The number of aliphatic carboxylic acids is 1. The number of aryl methyl sites for hydroxylation is 1. The molecule has 98 valence electrons. The highest BCUT2D eigenvalue weighted by Gasteiger charge is 2.33. The van der Waals surface area contributed by atoms with Crippen LogP contribution in [-0.2, 0) is 16.0 Å². The summed E-state index contributed by atoms with van der Waals surface area (Å²) in [5.41, 5.74) is 0. The summed E-state index contributed by atoms with van der Waals surface area (Å²) < 4.78 is 0. The van der Waals surface area contributed by atoms with E-state index in [1.54, 1.807) is 6.20 Å². The molecule has 1 aliphatic rings. The number of hydrogen-bond donors (Lipinski definition) is 2. The number of thiazole rings is 1. The van der Waals surface area contributed by atoms with Crippen LogP contribution in [0, 0.1) is 5.92 Å². The van der Waals surface area contributed by atoms with Gasteiger partial charge in [0.2, 0.25) is 5.91 Å². The zero-order valence-electron chi connectivity index (χ0n) is 9.96. The maximum Gasteiger partial charge on any atom is 0.308 e. The molecule has 18 heavy (non-hydrogen) atoms. The Balaban J connectivity index is 1.78. The van der Waals surface area contributed by atoms with Gasteiger partial charge in [-0.25, -0.2) is 4.98 Å². The van der Waals surface area contributed by atoms with Crippen molar-refractivity contribution in [3.63, 3.8) is 0 Å².